The standard InChI is InChI=1S/C21H26F4N4O7/c22-20(23,21(24,25)19(35)36)18(34)26-15-3-1-14(2-4-15)11-27-5-7-28(12-16(30)31)9-10-29(8-6-27)13-17(32)33/h1-4H,5-13H2,(H,26,34)(H,30,31)(H,32,33)(H,35,36). The molecule has 0 saturated carbocycles. The molecule has 1 aliphatic heterocycles. The Bertz CT molecular complexity index is 934. The van der Waals surface area contributed by atoms with Gasteiger partial charge in [-0.1, -0.05) is 12.1 Å². The summed E-state index contributed by atoms with van der Waals surface area (Å²) in [5, 5.41) is 28.1. The van der Waals surface area contributed by atoms with Crippen molar-refractivity contribution in [3.8, 4) is 0 Å². The summed E-state index contributed by atoms with van der Waals surface area (Å²) >= 11 is 0. The van der Waals surface area contributed by atoms with Crippen molar-refractivity contribution in [2.24, 2.45) is 0 Å². The number of halogens is 4. The Kier molecular flexibility index (Phi) is 9.72. The summed E-state index contributed by atoms with van der Waals surface area (Å²) in [7, 11) is 0. The number of carboxylic acid groups (broad SMARTS) is 3. The van der Waals surface area contributed by atoms with E-state index in [4.69, 9.17) is 15.3 Å². The zero-order valence-corrected chi connectivity index (χ0v) is 19.0. The number of amides is 1. The van der Waals surface area contributed by atoms with Gasteiger partial charge in [-0.15, -0.1) is 0 Å². The summed E-state index contributed by atoms with van der Waals surface area (Å²) in [5.74, 6) is -18.7. The molecule has 4 N–H and O–H groups in total. The van der Waals surface area contributed by atoms with Gasteiger partial charge in [0.1, 0.15) is 0 Å². The molecule has 0 atom stereocenters. The lowest BCUT2D eigenvalue weighted by atomic mass is 10.1. The minimum atomic E-state index is -5.59. The molecular weight excluding hydrogens is 496 g/mol. The van der Waals surface area contributed by atoms with Crippen molar-refractivity contribution in [3.63, 3.8) is 0 Å². The molecule has 1 aromatic rings. The van der Waals surface area contributed by atoms with Gasteiger partial charge in [0.05, 0.1) is 13.1 Å². The maximum atomic E-state index is 13.6. The van der Waals surface area contributed by atoms with Crippen LogP contribution in [0, 0.1) is 0 Å². The first kappa shape index (κ1) is 28.9. The molecule has 11 nitrogen and oxygen atoms in total. The monoisotopic (exact) mass is 522 g/mol. The molecule has 0 spiro atoms. The topological polar surface area (TPSA) is 151 Å². The predicted octanol–water partition coefficient (Wildman–Crippen LogP) is 0.569. The lowest BCUT2D eigenvalue weighted by Gasteiger charge is -2.25. The fourth-order valence-electron chi connectivity index (χ4n) is 3.48. The smallest absolute Gasteiger partial charge is 0.413 e. The molecule has 15 heteroatoms. The van der Waals surface area contributed by atoms with Gasteiger partial charge in [-0.25, -0.2) is 4.79 Å². The second-order valence-electron chi connectivity index (χ2n) is 8.22. The molecule has 1 fully saturated rings. The number of benzene rings is 1. The first-order valence-corrected chi connectivity index (χ1v) is 10.7. The van der Waals surface area contributed by atoms with E-state index in [-0.39, 0.29) is 18.8 Å². The van der Waals surface area contributed by atoms with Gasteiger partial charge in [-0.05, 0) is 17.7 Å². The number of hydrogen-bond acceptors (Lipinski definition) is 7. The van der Waals surface area contributed by atoms with Crippen molar-refractivity contribution < 1.29 is 52.1 Å². The molecule has 0 aromatic heterocycles. The SMILES string of the molecule is O=C(O)CN1CCN(CC(=O)O)CCN(Cc2ccc(NC(=O)C(F)(F)C(F)(F)C(=O)O)cc2)CC1. The van der Waals surface area contributed by atoms with E-state index >= 15 is 0 Å². The van der Waals surface area contributed by atoms with E-state index in [9.17, 15) is 36.7 Å². The summed E-state index contributed by atoms with van der Waals surface area (Å²) in [4.78, 5) is 49.6. The second-order valence-corrected chi connectivity index (χ2v) is 8.22. The van der Waals surface area contributed by atoms with Crippen LogP contribution < -0.4 is 5.32 Å². The fraction of sp³-hybridized carbons (Fsp3) is 0.524. The van der Waals surface area contributed by atoms with E-state index in [1.807, 2.05) is 4.90 Å². The predicted molar refractivity (Wildman–Crippen MR) is 116 cm³/mol. The van der Waals surface area contributed by atoms with Crippen LogP contribution in [0.4, 0.5) is 23.2 Å². The molecule has 0 bridgehead atoms. The number of carboxylic acids is 3. The molecule has 1 aromatic carbocycles. The highest BCUT2D eigenvalue weighted by Gasteiger charge is 2.67. The Morgan fingerprint density at radius 1 is 0.722 bits per heavy atom. The van der Waals surface area contributed by atoms with Crippen molar-refractivity contribution in [2.45, 2.75) is 18.4 Å². The van der Waals surface area contributed by atoms with Crippen molar-refractivity contribution in [1.82, 2.24) is 14.7 Å². The number of alkyl halides is 4. The summed E-state index contributed by atoms with van der Waals surface area (Å²) < 4.78 is 53.6. The number of hydrogen-bond donors (Lipinski definition) is 4. The van der Waals surface area contributed by atoms with E-state index < -0.39 is 35.7 Å². The Balaban J connectivity index is 2.07. The third-order valence-electron chi connectivity index (χ3n) is 5.48. The zero-order valence-electron chi connectivity index (χ0n) is 19.0. The number of rotatable bonds is 10. The second kappa shape index (κ2) is 12.1. The Hall–Kier alpha value is -3.30. The number of carbonyl (C=O) groups is 4. The summed E-state index contributed by atoms with van der Waals surface area (Å²) in [6.45, 7) is 2.31. The van der Waals surface area contributed by atoms with E-state index in [0.29, 0.717) is 51.4 Å². The van der Waals surface area contributed by atoms with Crippen LogP contribution in [0.2, 0.25) is 0 Å². The molecule has 1 heterocycles. The minimum Gasteiger partial charge on any atom is -0.480 e. The van der Waals surface area contributed by atoms with E-state index in [1.54, 1.807) is 15.1 Å². The molecule has 0 unspecified atom stereocenters. The average molecular weight is 522 g/mol. The number of carbonyl (C=O) groups excluding carboxylic acids is 1. The van der Waals surface area contributed by atoms with E-state index in [2.05, 4.69) is 0 Å². The quantitative estimate of drug-likeness (QED) is 0.321. The largest absolute Gasteiger partial charge is 0.480 e. The third kappa shape index (κ3) is 7.86. The van der Waals surface area contributed by atoms with Crippen LogP contribution in [-0.4, -0.2) is 118 Å². The molecule has 0 aliphatic carbocycles. The molecule has 2 rings (SSSR count). The van der Waals surface area contributed by atoms with Gasteiger partial charge in [0.2, 0.25) is 0 Å². The van der Waals surface area contributed by atoms with Crippen LogP contribution in [0.15, 0.2) is 24.3 Å². The summed E-state index contributed by atoms with van der Waals surface area (Å²) in [6.07, 6.45) is 0. The normalized spacial score (nSPS) is 17.0. The van der Waals surface area contributed by atoms with Crippen LogP contribution in [-0.2, 0) is 25.7 Å². The molecule has 1 amide bonds. The minimum absolute atomic E-state index is 0.214. The van der Waals surface area contributed by atoms with Crippen LogP contribution in [0.1, 0.15) is 5.56 Å². The lowest BCUT2D eigenvalue weighted by Crippen LogP contribution is -2.54. The van der Waals surface area contributed by atoms with Crippen molar-refractivity contribution >= 4 is 29.5 Å². The number of aliphatic carboxylic acids is 3. The summed E-state index contributed by atoms with van der Waals surface area (Å²) in [6, 6.07) is 5.26. The maximum absolute atomic E-state index is 13.6. The molecule has 1 aliphatic rings. The maximum Gasteiger partial charge on any atom is 0.413 e. The number of nitrogens with zero attached hydrogens (tertiary/aromatic N) is 3. The van der Waals surface area contributed by atoms with Gasteiger partial charge in [0.25, 0.3) is 0 Å². The van der Waals surface area contributed by atoms with Gasteiger partial charge >= 0.3 is 35.7 Å². The first-order valence-electron chi connectivity index (χ1n) is 10.7. The van der Waals surface area contributed by atoms with Crippen molar-refractivity contribution in [3.05, 3.63) is 29.8 Å². The zero-order chi connectivity index (χ0) is 27.1. The summed E-state index contributed by atoms with van der Waals surface area (Å²) in [5.41, 5.74) is 0.388. The molecule has 0 radical (unpaired) electrons. The van der Waals surface area contributed by atoms with Gasteiger partial charge in [0.15, 0.2) is 0 Å². The van der Waals surface area contributed by atoms with Gasteiger partial charge in [-0.2, -0.15) is 17.6 Å². The highest BCUT2D eigenvalue weighted by atomic mass is 19.3. The lowest BCUT2D eigenvalue weighted by molar-refractivity contribution is -0.219. The highest BCUT2D eigenvalue weighted by Crippen LogP contribution is 2.35. The Morgan fingerprint density at radius 3 is 1.53 bits per heavy atom. The van der Waals surface area contributed by atoms with Gasteiger partial charge in [-0.3, -0.25) is 29.1 Å². The van der Waals surface area contributed by atoms with Crippen LogP contribution in [0.3, 0.4) is 0 Å². The first-order chi connectivity index (χ1) is 16.7. The van der Waals surface area contributed by atoms with Gasteiger partial charge < -0.3 is 20.6 Å². The third-order valence-corrected chi connectivity index (χ3v) is 5.48. The molecular formula is C21H26F4N4O7. The van der Waals surface area contributed by atoms with Crippen molar-refractivity contribution in [1.29, 1.82) is 0 Å². The van der Waals surface area contributed by atoms with Gasteiger partial charge in [0, 0.05) is 51.5 Å². The molecule has 200 valence electrons. The van der Waals surface area contributed by atoms with E-state index in [1.165, 1.54) is 24.3 Å². The highest BCUT2D eigenvalue weighted by molar-refractivity contribution is 6.00. The number of anilines is 1. The van der Waals surface area contributed by atoms with Crippen molar-refractivity contribution in [2.75, 3.05) is 57.7 Å². The average Bonchev–Trinajstić information content (AvgIpc) is 2.86. The number of nitrogens with one attached hydrogen (secondary N) is 1. The van der Waals surface area contributed by atoms with Crippen LogP contribution in [0.25, 0.3) is 0 Å². The molecule has 36 heavy (non-hydrogen) atoms. The van der Waals surface area contributed by atoms with Crippen LogP contribution in [0.5, 0.6) is 0 Å². The van der Waals surface area contributed by atoms with Crippen LogP contribution >= 0.6 is 0 Å². The van der Waals surface area contributed by atoms with E-state index in [0.717, 1.165) is 0 Å². The Labute approximate surface area is 202 Å². The fourth-order valence-corrected chi connectivity index (χ4v) is 3.48. The molecule has 1 saturated heterocycles. The Morgan fingerprint density at radius 2 is 1.14 bits per heavy atom.